The van der Waals surface area contributed by atoms with Crippen molar-refractivity contribution in [2.75, 3.05) is 18.1 Å². The maximum absolute atomic E-state index is 12.3. The van der Waals surface area contributed by atoms with Gasteiger partial charge in [0.2, 0.25) is 5.95 Å². The van der Waals surface area contributed by atoms with E-state index in [0.29, 0.717) is 36.4 Å². The molecular formula is C29H31N5O2S. The van der Waals surface area contributed by atoms with E-state index in [-0.39, 0.29) is 6.04 Å². The molecule has 0 spiro atoms. The standard InChI is InChI=1S/C29H31N5O2S/c1-5-17-34(24(18-20(3)4)27-30-23(19-37-27)28(35)36-6-2)29-31-25(21-13-9-7-10-14-21)26(32-33-29)22-15-11-8-12-16-22/h5,7-16,19-20,24H,1,6,17-18H2,2-4H3. The van der Waals surface area contributed by atoms with E-state index < -0.39 is 5.97 Å². The second-order valence-corrected chi connectivity index (χ2v) is 9.81. The Hall–Kier alpha value is -3.91. The first-order valence-electron chi connectivity index (χ1n) is 12.4. The Morgan fingerprint density at radius 3 is 2.24 bits per heavy atom. The van der Waals surface area contributed by atoms with Gasteiger partial charge in [-0.15, -0.1) is 28.1 Å². The van der Waals surface area contributed by atoms with Crippen molar-refractivity contribution in [1.82, 2.24) is 20.2 Å². The average molecular weight is 514 g/mol. The molecule has 0 saturated heterocycles. The summed E-state index contributed by atoms with van der Waals surface area (Å²) in [6, 6.07) is 19.8. The van der Waals surface area contributed by atoms with Gasteiger partial charge in [-0.25, -0.2) is 14.8 Å². The van der Waals surface area contributed by atoms with Crippen LogP contribution in [0.2, 0.25) is 0 Å². The van der Waals surface area contributed by atoms with Crippen LogP contribution >= 0.6 is 11.3 Å². The number of hydrogen-bond acceptors (Lipinski definition) is 8. The van der Waals surface area contributed by atoms with Crippen molar-refractivity contribution in [3.05, 3.63) is 89.4 Å². The molecule has 0 aliphatic rings. The first kappa shape index (κ1) is 26.2. The van der Waals surface area contributed by atoms with Crippen molar-refractivity contribution in [2.45, 2.75) is 33.2 Å². The van der Waals surface area contributed by atoms with Crippen LogP contribution < -0.4 is 4.90 Å². The Balaban J connectivity index is 1.81. The lowest BCUT2D eigenvalue weighted by Gasteiger charge is -2.31. The zero-order valence-electron chi connectivity index (χ0n) is 21.4. The second-order valence-electron chi connectivity index (χ2n) is 8.92. The summed E-state index contributed by atoms with van der Waals surface area (Å²) in [6.45, 7) is 10.9. The number of thiazole rings is 1. The fraction of sp³-hybridized carbons (Fsp3) is 0.276. The quantitative estimate of drug-likeness (QED) is 0.165. The van der Waals surface area contributed by atoms with E-state index in [9.17, 15) is 4.79 Å². The van der Waals surface area contributed by atoms with Gasteiger partial charge >= 0.3 is 5.97 Å². The van der Waals surface area contributed by atoms with Crippen LogP contribution in [0.25, 0.3) is 22.5 Å². The predicted molar refractivity (Wildman–Crippen MR) is 149 cm³/mol. The largest absolute Gasteiger partial charge is 0.461 e. The highest BCUT2D eigenvalue weighted by Crippen LogP contribution is 2.35. The molecule has 37 heavy (non-hydrogen) atoms. The minimum absolute atomic E-state index is 0.167. The SMILES string of the molecule is C=CCN(c1nnc(-c2ccccc2)c(-c2ccccc2)n1)C(CC(C)C)c1nc(C(=O)OCC)cs1. The van der Waals surface area contributed by atoms with Gasteiger partial charge < -0.3 is 9.64 Å². The van der Waals surface area contributed by atoms with Crippen molar-refractivity contribution in [2.24, 2.45) is 5.92 Å². The predicted octanol–water partition coefficient (Wildman–Crippen LogP) is 6.62. The lowest BCUT2D eigenvalue weighted by atomic mass is 10.0. The van der Waals surface area contributed by atoms with Crippen molar-refractivity contribution in [3.8, 4) is 22.5 Å². The Bertz CT molecular complexity index is 1320. The molecular weight excluding hydrogens is 482 g/mol. The van der Waals surface area contributed by atoms with E-state index in [1.165, 1.54) is 11.3 Å². The zero-order chi connectivity index (χ0) is 26.2. The van der Waals surface area contributed by atoms with Crippen LogP contribution in [0.5, 0.6) is 0 Å². The summed E-state index contributed by atoms with van der Waals surface area (Å²) in [5, 5.41) is 11.8. The highest BCUT2D eigenvalue weighted by molar-refractivity contribution is 7.10. The van der Waals surface area contributed by atoms with Gasteiger partial charge in [-0.05, 0) is 19.3 Å². The third-order valence-corrected chi connectivity index (χ3v) is 6.66. The van der Waals surface area contributed by atoms with Crippen molar-refractivity contribution in [3.63, 3.8) is 0 Å². The van der Waals surface area contributed by atoms with Gasteiger partial charge in [0.25, 0.3) is 0 Å². The monoisotopic (exact) mass is 513 g/mol. The number of carbonyl (C=O) groups excluding carboxylic acids is 1. The smallest absolute Gasteiger partial charge is 0.357 e. The highest BCUT2D eigenvalue weighted by atomic mass is 32.1. The van der Waals surface area contributed by atoms with Crippen LogP contribution in [0.1, 0.15) is 48.7 Å². The lowest BCUT2D eigenvalue weighted by molar-refractivity contribution is 0.0520. The Labute approximate surface area is 221 Å². The zero-order valence-corrected chi connectivity index (χ0v) is 22.2. The molecule has 1 unspecified atom stereocenters. The highest BCUT2D eigenvalue weighted by Gasteiger charge is 2.28. The van der Waals surface area contributed by atoms with Crippen LogP contribution in [0.15, 0.2) is 78.7 Å². The fourth-order valence-corrected chi connectivity index (χ4v) is 4.97. The molecule has 0 aliphatic carbocycles. The van der Waals surface area contributed by atoms with Crippen molar-refractivity contribution >= 4 is 23.3 Å². The molecule has 0 saturated carbocycles. The molecule has 8 heteroatoms. The second kappa shape index (κ2) is 12.4. The third kappa shape index (κ3) is 6.27. The number of nitrogens with zero attached hydrogens (tertiary/aromatic N) is 5. The summed E-state index contributed by atoms with van der Waals surface area (Å²) in [4.78, 5) is 24.1. The normalized spacial score (nSPS) is 11.8. The van der Waals surface area contributed by atoms with Gasteiger partial charge in [0.1, 0.15) is 16.4 Å². The number of anilines is 1. The molecule has 4 rings (SSSR count). The van der Waals surface area contributed by atoms with E-state index in [4.69, 9.17) is 9.72 Å². The van der Waals surface area contributed by atoms with E-state index in [1.54, 1.807) is 12.3 Å². The van der Waals surface area contributed by atoms with Crippen LogP contribution in [-0.4, -0.2) is 39.3 Å². The molecule has 0 N–H and O–H groups in total. The molecule has 4 aromatic rings. The summed E-state index contributed by atoms with van der Waals surface area (Å²) in [5.41, 5.74) is 3.68. The Kier molecular flexibility index (Phi) is 8.74. The van der Waals surface area contributed by atoms with Crippen molar-refractivity contribution in [1.29, 1.82) is 0 Å². The molecule has 0 aliphatic heterocycles. The molecule has 190 valence electrons. The number of rotatable bonds is 11. The van der Waals surface area contributed by atoms with Crippen LogP contribution in [0, 0.1) is 5.92 Å². The van der Waals surface area contributed by atoms with Crippen LogP contribution in [0.4, 0.5) is 5.95 Å². The Morgan fingerprint density at radius 1 is 1.00 bits per heavy atom. The summed E-state index contributed by atoms with van der Waals surface area (Å²) < 4.78 is 5.16. The van der Waals surface area contributed by atoms with Crippen LogP contribution in [0.3, 0.4) is 0 Å². The van der Waals surface area contributed by atoms with E-state index >= 15 is 0 Å². The minimum atomic E-state index is -0.417. The number of esters is 1. The van der Waals surface area contributed by atoms with Gasteiger partial charge in [0.05, 0.1) is 12.6 Å². The molecule has 0 amide bonds. The van der Waals surface area contributed by atoms with E-state index in [0.717, 1.165) is 28.2 Å². The van der Waals surface area contributed by atoms with Gasteiger partial charge in [-0.2, -0.15) is 0 Å². The summed E-state index contributed by atoms with van der Waals surface area (Å²) in [6.07, 6.45) is 2.61. The number of benzene rings is 2. The first-order chi connectivity index (χ1) is 18.0. The molecule has 0 bridgehead atoms. The van der Waals surface area contributed by atoms with Crippen molar-refractivity contribution < 1.29 is 9.53 Å². The van der Waals surface area contributed by atoms with E-state index in [1.807, 2.05) is 66.7 Å². The summed E-state index contributed by atoms with van der Waals surface area (Å²) in [7, 11) is 0. The van der Waals surface area contributed by atoms with E-state index in [2.05, 4.69) is 40.5 Å². The fourth-order valence-electron chi connectivity index (χ4n) is 4.06. The maximum atomic E-state index is 12.3. The van der Waals surface area contributed by atoms with Crippen LogP contribution in [-0.2, 0) is 4.74 Å². The number of hydrogen-bond donors (Lipinski definition) is 0. The lowest BCUT2D eigenvalue weighted by Crippen LogP contribution is -2.32. The van der Waals surface area contributed by atoms with Gasteiger partial charge in [-0.3, -0.25) is 0 Å². The number of aromatic nitrogens is 4. The Morgan fingerprint density at radius 2 is 1.65 bits per heavy atom. The molecule has 2 aromatic carbocycles. The summed E-state index contributed by atoms with van der Waals surface area (Å²) >= 11 is 1.44. The topological polar surface area (TPSA) is 81.1 Å². The van der Waals surface area contributed by atoms with Gasteiger partial charge in [-0.1, -0.05) is 80.6 Å². The minimum Gasteiger partial charge on any atom is -0.461 e. The number of carbonyl (C=O) groups is 1. The average Bonchev–Trinajstić information content (AvgIpc) is 3.42. The summed E-state index contributed by atoms with van der Waals surface area (Å²) in [5.74, 6) is 0.425. The first-order valence-corrected chi connectivity index (χ1v) is 13.2. The third-order valence-electron chi connectivity index (χ3n) is 5.72. The molecule has 0 radical (unpaired) electrons. The molecule has 1 atom stereocenters. The maximum Gasteiger partial charge on any atom is 0.357 e. The van der Waals surface area contributed by atoms with Gasteiger partial charge in [0, 0.05) is 23.1 Å². The molecule has 7 nitrogen and oxygen atoms in total. The molecule has 0 fully saturated rings. The number of ether oxygens (including phenoxy) is 1. The van der Waals surface area contributed by atoms with Gasteiger partial charge in [0.15, 0.2) is 5.69 Å². The molecule has 2 aromatic heterocycles. The molecule has 2 heterocycles.